The Kier molecular flexibility index (Phi) is 4.50. The number of aryl methyl sites for hydroxylation is 1. The molecule has 1 aromatic carbocycles. The number of hydrogen-bond donors (Lipinski definition) is 1. The van der Waals surface area contributed by atoms with Crippen molar-refractivity contribution in [1.82, 2.24) is 9.88 Å². The normalized spacial score (nSPS) is 18.4. The molecule has 1 atom stereocenters. The minimum atomic E-state index is 0.377. The third-order valence-electron chi connectivity index (χ3n) is 4.93. The summed E-state index contributed by atoms with van der Waals surface area (Å²) in [6.45, 7) is 9.07. The lowest BCUT2D eigenvalue weighted by molar-refractivity contribution is 0.414. The van der Waals surface area contributed by atoms with Gasteiger partial charge in [-0.25, -0.2) is 4.98 Å². The van der Waals surface area contributed by atoms with Gasteiger partial charge >= 0.3 is 0 Å². The Labute approximate surface area is 144 Å². The molecule has 1 aliphatic heterocycles. The van der Waals surface area contributed by atoms with E-state index in [0.29, 0.717) is 11.4 Å². The molecule has 3 rings (SSSR count). The van der Waals surface area contributed by atoms with Gasteiger partial charge in [-0.2, -0.15) is 0 Å². The van der Waals surface area contributed by atoms with Crippen molar-refractivity contribution in [3.05, 3.63) is 41.5 Å². The summed E-state index contributed by atoms with van der Waals surface area (Å²) in [5, 5.41) is 0. The van der Waals surface area contributed by atoms with E-state index >= 15 is 0 Å². The Morgan fingerprint density at radius 2 is 2.00 bits per heavy atom. The van der Waals surface area contributed by atoms with Crippen molar-refractivity contribution in [3.63, 3.8) is 0 Å². The van der Waals surface area contributed by atoms with Crippen molar-refractivity contribution >= 4 is 5.82 Å². The Balaban J connectivity index is 1.91. The monoisotopic (exact) mass is 325 g/mol. The van der Waals surface area contributed by atoms with Crippen LogP contribution in [0.3, 0.4) is 0 Å². The lowest BCUT2D eigenvalue weighted by Gasteiger charge is -2.16. The van der Waals surface area contributed by atoms with E-state index in [0.717, 1.165) is 36.4 Å². The molecule has 0 radical (unpaired) electrons. The van der Waals surface area contributed by atoms with Crippen molar-refractivity contribution in [1.29, 1.82) is 0 Å². The second-order valence-electron chi connectivity index (χ2n) is 7.11. The van der Waals surface area contributed by atoms with Gasteiger partial charge in [0.15, 0.2) is 0 Å². The number of methoxy groups -OCH3 is 1. The molecule has 2 aromatic rings. The fraction of sp³-hybridized carbons (Fsp3) is 0.450. The predicted octanol–water partition coefficient (Wildman–Crippen LogP) is 3.54. The lowest BCUT2D eigenvalue weighted by atomic mass is 9.96. The molecule has 1 aromatic heterocycles. The number of nitrogens with zero attached hydrogens (tertiary/aromatic N) is 2. The minimum Gasteiger partial charge on any atom is -0.496 e. The predicted molar refractivity (Wildman–Crippen MR) is 99.4 cm³/mol. The van der Waals surface area contributed by atoms with Crippen LogP contribution in [0.25, 0.3) is 11.3 Å². The van der Waals surface area contributed by atoms with Crippen molar-refractivity contribution in [2.24, 2.45) is 0 Å². The number of hydrogen-bond acceptors (Lipinski definition) is 4. The van der Waals surface area contributed by atoms with E-state index < -0.39 is 0 Å². The first-order valence-electron chi connectivity index (χ1n) is 8.62. The highest BCUT2D eigenvalue weighted by molar-refractivity contribution is 5.70. The Hall–Kier alpha value is -2.07. The van der Waals surface area contributed by atoms with Gasteiger partial charge in [0, 0.05) is 24.2 Å². The third kappa shape index (κ3) is 3.39. The van der Waals surface area contributed by atoms with Crippen LogP contribution in [-0.4, -0.2) is 35.6 Å². The molecule has 24 heavy (non-hydrogen) atoms. The standard InChI is InChI=1S/C20H27N3O/c1-5-14-11-16(17-7-6-8-19(21)22-17)18(24-4)12-15(14)9-10-23-13-20(23,2)3/h6-8,11-12H,5,9-10,13H2,1-4H3,(H2,21,22). The van der Waals surface area contributed by atoms with Crippen LogP contribution in [0.5, 0.6) is 5.75 Å². The van der Waals surface area contributed by atoms with Gasteiger partial charge in [-0.05, 0) is 62.1 Å². The molecule has 4 nitrogen and oxygen atoms in total. The molecule has 0 aliphatic carbocycles. The average molecular weight is 325 g/mol. The summed E-state index contributed by atoms with van der Waals surface area (Å²) in [5.41, 5.74) is 10.8. The number of pyridine rings is 1. The summed E-state index contributed by atoms with van der Waals surface area (Å²) in [4.78, 5) is 6.96. The molecule has 4 heteroatoms. The topological polar surface area (TPSA) is 51.1 Å². The van der Waals surface area contributed by atoms with Crippen LogP contribution in [0, 0.1) is 0 Å². The molecule has 128 valence electrons. The summed E-state index contributed by atoms with van der Waals surface area (Å²) in [6, 6.07) is 10.1. The Morgan fingerprint density at radius 3 is 2.58 bits per heavy atom. The number of nitrogen functional groups attached to an aromatic ring is 1. The Bertz CT molecular complexity index is 740. The molecule has 2 heterocycles. The SMILES string of the molecule is CCc1cc(-c2cccc(N)n2)c(OC)cc1CCN1CC1(C)C. The van der Waals surface area contributed by atoms with Crippen molar-refractivity contribution in [3.8, 4) is 17.0 Å². The second kappa shape index (κ2) is 6.44. The van der Waals surface area contributed by atoms with Gasteiger partial charge in [-0.3, -0.25) is 4.90 Å². The first kappa shape index (κ1) is 16.8. The number of anilines is 1. The summed E-state index contributed by atoms with van der Waals surface area (Å²) in [7, 11) is 1.72. The fourth-order valence-corrected chi connectivity index (χ4v) is 3.27. The molecular formula is C20H27N3O. The van der Waals surface area contributed by atoms with E-state index in [1.807, 2.05) is 12.1 Å². The number of benzene rings is 1. The fourth-order valence-electron chi connectivity index (χ4n) is 3.27. The van der Waals surface area contributed by atoms with Crippen LogP contribution in [0.15, 0.2) is 30.3 Å². The molecule has 0 spiro atoms. The third-order valence-corrected chi connectivity index (χ3v) is 4.93. The zero-order chi connectivity index (χ0) is 17.3. The smallest absolute Gasteiger partial charge is 0.128 e. The van der Waals surface area contributed by atoms with E-state index in [9.17, 15) is 0 Å². The molecule has 0 amide bonds. The van der Waals surface area contributed by atoms with Gasteiger partial charge in [0.05, 0.1) is 12.8 Å². The molecular weight excluding hydrogens is 298 g/mol. The molecule has 1 fully saturated rings. The van der Waals surface area contributed by atoms with E-state index in [1.165, 1.54) is 17.7 Å². The van der Waals surface area contributed by atoms with E-state index in [2.05, 4.69) is 42.8 Å². The van der Waals surface area contributed by atoms with Gasteiger partial charge in [0.2, 0.25) is 0 Å². The maximum Gasteiger partial charge on any atom is 0.128 e. The lowest BCUT2D eigenvalue weighted by Crippen LogP contribution is -2.13. The van der Waals surface area contributed by atoms with Crippen LogP contribution in [0.1, 0.15) is 31.9 Å². The van der Waals surface area contributed by atoms with Crippen molar-refractivity contribution < 1.29 is 4.74 Å². The van der Waals surface area contributed by atoms with Gasteiger partial charge < -0.3 is 10.5 Å². The van der Waals surface area contributed by atoms with Crippen molar-refractivity contribution in [2.45, 2.75) is 39.2 Å². The number of nitrogens with two attached hydrogens (primary N) is 1. The second-order valence-corrected chi connectivity index (χ2v) is 7.11. The summed E-state index contributed by atoms with van der Waals surface area (Å²) >= 11 is 0. The largest absolute Gasteiger partial charge is 0.496 e. The summed E-state index contributed by atoms with van der Waals surface area (Å²) in [6.07, 6.45) is 2.05. The van der Waals surface area contributed by atoms with Crippen LogP contribution >= 0.6 is 0 Å². The molecule has 1 aliphatic rings. The zero-order valence-corrected chi connectivity index (χ0v) is 15.1. The molecule has 2 N–H and O–H groups in total. The van der Waals surface area contributed by atoms with Gasteiger partial charge in [0.25, 0.3) is 0 Å². The van der Waals surface area contributed by atoms with E-state index in [4.69, 9.17) is 10.5 Å². The highest BCUT2D eigenvalue weighted by atomic mass is 16.5. The van der Waals surface area contributed by atoms with Gasteiger partial charge in [-0.15, -0.1) is 0 Å². The van der Waals surface area contributed by atoms with Gasteiger partial charge in [0.1, 0.15) is 11.6 Å². The molecule has 0 saturated carbocycles. The highest BCUT2D eigenvalue weighted by Crippen LogP contribution is 2.34. The quantitative estimate of drug-likeness (QED) is 0.825. The number of rotatable bonds is 6. The number of aromatic nitrogens is 1. The van der Waals surface area contributed by atoms with Crippen LogP contribution in [0.4, 0.5) is 5.82 Å². The van der Waals surface area contributed by atoms with Crippen LogP contribution < -0.4 is 10.5 Å². The molecule has 1 unspecified atom stereocenters. The first-order chi connectivity index (χ1) is 11.4. The maximum atomic E-state index is 5.84. The maximum absolute atomic E-state index is 5.84. The minimum absolute atomic E-state index is 0.377. The molecule has 1 saturated heterocycles. The van der Waals surface area contributed by atoms with Crippen molar-refractivity contribution in [2.75, 3.05) is 25.9 Å². The first-order valence-corrected chi connectivity index (χ1v) is 8.62. The van der Waals surface area contributed by atoms with E-state index in [1.54, 1.807) is 13.2 Å². The summed E-state index contributed by atoms with van der Waals surface area (Å²) in [5.74, 6) is 1.39. The average Bonchev–Trinajstić information content (AvgIpc) is 3.19. The Morgan fingerprint density at radius 1 is 1.25 bits per heavy atom. The van der Waals surface area contributed by atoms with E-state index in [-0.39, 0.29) is 0 Å². The highest BCUT2D eigenvalue weighted by Gasteiger charge is 2.41. The van der Waals surface area contributed by atoms with Crippen LogP contribution in [-0.2, 0) is 12.8 Å². The number of ether oxygens (including phenoxy) is 1. The molecule has 0 bridgehead atoms. The van der Waals surface area contributed by atoms with Gasteiger partial charge in [-0.1, -0.05) is 13.0 Å². The van der Waals surface area contributed by atoms with Crippen LogP contribution in [0.2, 0.25) is 0 Å². The summed E-state index contributed by atoms with van der Waals surface area (Å²) < 4.78 is 5.65. The zero-order valence-electron chi connectivity index (χ0n) is 15.1.